The molecule has 2 amide bonds. The predicted octanol–water partition coefficient (Wildman–Crippen LogP) is 1.52. The van der Waals surface area contributed by atoms with Gasteiger partial charge in [-0.1, -0.05) is 0 Å². The molecule has 0 bridgehead atoms. The van der Waals surface area contributed by atoms with Crippen molar-refractivity contribution in [2.75, 3.05) is 32.6 Å². The molecule has 1 unspecified atom stereocenters. The van der Waals surface area contributed by atoms with Crippen molar-refractivity contribution >= 4 is 11.7 Å². The summed E-state index contributed by atoms with van der Waals surface area (Å²) in [5.41, 5.74) is 0.786. The summed E-state index contributed by atoms with van der Waals surface area (Å²) >= 11 is 0. The van der Waals surface area contributed by atoms with Gasteiger partial charge in [0.05, 0.1) is 7.11 Å². The fraction of sp³-hybridized carbons (Fsp3) is 0.462. The van der Waals surface area contributed by atoms with Crippen LogP contribution in [0.25, 0.3) is 0 Å². The van der Waals surface area contributed by atoms with Gasteiger partial charge in [-0.3, -0.25) is 0 Å². The van der Waals surface area contributed by atoms with Crippen molar-refractivity contribution in [2.24, 2.45) is 0 Å². The zero-order valence-electron chi connectivity index (χ0n) is 10.8. The van der Waals surface area contributed by atoms with Gasteiger partial charge in [0.15, 0.2) is 0 Å². The third-order valence-electron chi connectivity index (χ3n) is 3.23. The molecule has 2 rings (SSSR count). The highest BCUT2D eigenvalue weighted by Crippen LogP contribution is 2.16. The number of nitrogens with one attached hydrogen (secondary N) is 2. The van der Waals surface area contributed by atoms with Crippen molar-refractivity contribution in [3.05, 3.63) is 24.3 Å². The lowest BCUT2D eigenvalue weighted by Gasteiger charge is -2.17. The van der Waals surface area contributed by atoms with E-state index in [9.17, 15) is 4.79 Å². The minimum absolute atomic E-state index is 0.0436. The second-order valence-electron chi connectivity index (χ2n) is 4.38. The van der Waals surface area contributed by atoms with Gasteiger partial charge < -0.3 is 20.3 Å². The van der Waals surface area contributed by atoms with Crippen molar-refractivity contribution in [1.82, 2.24) is 10.2 Å². The Labute approximate surface area is 107 Å². The van der Waals surface area contributed by atoms with E-state index in [0.717, 1.165) is 30.9 Å². The van der Waals surface area contributed by atoms with Crippen LogP contribution >= 0.6 is 0 Å². The zero-order valence-corrected chi connectivity index (χ0v) is 10.8. The molecule has 1 saturated heterocycles. The number of hydrogen-bond acceptors (Lipinski definition) is 3. The second kappa shape index (κ2) is 5.73. The number of anilines is 1. The molecule has 0 aromatic heterocycles. The van der Waals surface area contributed by atoms with E-state index >= 15 is 0 Å². The van der Waals surface area contributed by atoms with Crippen molar-refractivity contribution < 1.29 is 9.53 Å². The molecule has 5 nitrogen and oxygen atoms in total. The zero-order chi connectivity index (χ0) is 13.0. The van der Waals surface area contributed by atoms with E-state index in [2.05, 4.69) is 10.6 Å². The Balaban J connectivity index is 1.90. The van der Waals surface area contributed by atoms with Crippen LogP contribution in [0.2, 0.25) is 0 Å². The lowest BCUT2D eigenvalue weighted by atomic mass is 10.3. The highest BCUT2D eigenvalue weighted by atomic mass is 16.5. The van der Waals surface area contributed by atoms with E-state index in [0.29, 0.717) is 6.04 Å². The number of benzene rings is 1. The molecule has 5 heteroatoms. The molecule has 1 aromatic carbocycles. The molecule has 2 N–H and O–H groups in total. The van der Waals surface area contributed by atoms with E-state index < -0.39 is 0 Å². The molecule has 1 aliphatic heterocycles. The number of carbonyl (C=O) groups excluding carboxylic acids is 1. The number of ether oxygens (including phenoxy) is 1. The molecule has 1 aliphatic rings. The van der Waals surface area contributed by atoms with E-state index in [-0.39, 0.29) is 6.03 Å². The van der Waals surface area contributed by atoms with Gasteiger partial charge in [0.25, 0.3) is 0 Å². The summed E-state index contributed by atoms with van der Waals surface area (Å²) in [6, 6.07) is 7.70. The second-order valence-corrected chi connectivity index (χ2v) is 4.38. The van der Waals surface area contributed by atoms with Crippen LogP contribution in [0, 0.1) is 0 Å². The van der Waals surface area contributed by atoms with Crippen LogP contribution in [-0.2, 0) is 0 Å². The maximum absolute atomic E-state index is 12.0. The van der Waals surface area contributed by atoms with E-state index in [1.54, 1.807) is 7.11 Å². The van der Waals surface area contributed by atoms with Gasteiger partial charge in [-0.05, 0) is 37.7 Å². The molecular formula is C13H19N3O2. The van der Waals surface area contributed by atoms with E-state index in [4.69, 9.17) is 4.74 Å². The maximum atomic E-state index is 12.0. The number of likely N-dealkylation sites (N-methyl/N-ethyl adjacent to an activating group) is 1. The largest absolute Gasteiger partial charge is 0.497 e. The number of nitrogens with zero attached hydrogens (tertiary/aromatic N) is 1. The molecule has 0 spiro atoms. The summed E-state index contributed by atoms with van der Waals surface area (Å²) in [7, 11) is 3.55. The van der Waals surface area contributed by atoms with Gasteiger partial charge in [0, 0.05) is 24.8 Å². The third-order valence-corrected chi connectivity index (χ3v) is 3.23. The monoisotopic (exact) mass is 249 g/mol. The van der Waals surface area contributed by atoms with E-state index in [1.165, 1.54) is 0 Å². The number of rotatable bonds is 3. The van der Waals surface area contributed by atoms with Gasteiger partial charge in [0.2, 0.25) is 0 Å². The van der Waals surface area contributed by atoms with E-state index in [1.807, 2.05) is 36.2 Å². The summed E-state index contributed by atoms with van der Waals surface area (Å²) < 4.78 is 5.07. The number of hydrogen-bond donors (Lipinski definition) is 2. The Kier molecular flexibility index (Phi) is 4.04. The van der Waals surface area contributed by atoms with Crippen molar-refractivity contribution in [2.45, 2.75) is 12.5 Å². The van der Waals surface area contributed by atoms with Gasteiger partial charge >= 0.3 is 6.03 Å². The standard InChI is InChI=1S/C13H19N3O2/c1-14-11-7-8-16(9-11)13(17)15-10-3-5-12(18-2)6-4-10/h3-6,11,14H,7-9H2,1-2H3,(H,15,17). The number of amides is 2. The van der Waals surface area contributed by atoms with Gasteiger partial charge in [-0.2, -0.15) is 0 Å². The SMILES string of the molecule is CNC1CCN(C(=O)Nc2ccc(OC)cc2)C1. The summed E-state index contributed by atoms with van der Waals surface area (Å²) in [6.07, 6.45) is 1.01. The first kappa shape index (κ1) is 12.7. The van der Waals surface area contributed by atoms with Gasteiger partial charge in [0.1, 0.15) is 5.75 Å². The molecule has 1 aromatic rings. The lowest BCUT2D eigenvalue weighted by Crippen LogP contribution is -2.36. The van der Waals surface area contributed by atoms with Crippen LogP contribution in [0.5, 0.6) is 5.75 Å². The summed E-state index contributed by atoms with van der Waals surface area (Å²) in [5, 5.41) is 6.07. The summed E-state index contributed by atoms with van der Waals surface area (Å²) in [5.74, 6) is 0.782. The normalized spacial score (nSPS) is 18.8. The fourth-order valence-corrected chi connectivity index (χ4v) is 2.06. The molecular weight excluding hydrogens is 230 g/mol. The van der Waals surface area contributed by atoms with Crippen LogP contribution in [-0.4, -0.2) is 44.2 Å². The van der Waals surface area contributed by atoms with Gasteiger partial charge in [-0.25, -0.2) is 4.79 Å². The predicted molar refractivity (Wildman–Crippen MR) is 71.1 cm³/mol. The number of carbonyl (C=O) groups is 1. The Bertz CT molecular complexity index is 405. The number of methoxy groups -OCH3 is 1. The number of urea groups is 1. The molecule has 1 fully saturated rings. The Morgan fingerprint density at radius 3 is 2.67 bits per heavy atom. The average Bonchev–Trinajstić information content (AvgIpc) is 2.88. The molecule has 1 atom stereocenters. The molecule has 0 radical (unpaired) electrons. The Morgan fingerprint density at radius 2 is 2.11 bits per heavy atom. The summed E-state index contributed by atoms with van der Waals surface area (Å²) in [6.45, 7) is 1.56. The Morgan fingerprint density at radius 1 is 1.39 bits per heavy atom. The highest BCUT2D eigenvalue weighted by molar-refractivity contribution is 5.89. The van der Waals surface area contributed by atoms with Crippen LogP contribution in [0.3, 0.4) is 0 Å². The molecule has 1 heterocycles. The van der Waals surface area contributed by atoms with Crippen LogP contribution in [0.4, 0.5) is 10.5 Å². The Hall–Kier alpha value is -1.75. The minimum Gasteiger partial charge on any atom is -0.497 e. The molecule has 98 valence electrons. The average molecular weight is 249 g/mol. The minimum atomic E-state index is -0.0436. The van der Waals surface area contributed by atoms with Crippen LogP contribution in [0.15, 0.2) is 24.3 Å². The number of likely N-dealkylation sites (tertiary alicyclic amines) is 1. The quantitative estimate of drug-likeness (QED) is 0.854. The van der Waals surface area contributed by atoms with Crippen LogP contribution < -0.4 is 15.4 Å². The fourth-order valence-electron chi connectivity index (χ4n) is 2.06. The smallest absolute Gasteiger partial charge is 0.321 e. The molecule has 0 aliphatic carbocycles. The highest BCUT2D eigenvalue weighted by Gasteiger charge is 2.24. The molecule has 0 saturated carbocycles. The maximum Gasteiger partial charge on any atom is 0.321 e. The first-order valence-electron chi connectivity index (χ1n) is 6.10. The van der Waals surface area contributed by atoms with Crippen molar-refractivity contribution in [1.29, 1.82) is 0 Å². The first-order valence-corrected chi connectivity index (χ1v) is 6.10. The van der Waals surface area contributed by atoms with Crippen LogP contribution in [0.1, 0.15) is 6.42 Å². The third kappa shape index (κ3) is 2.92. The topological polar surface area (TPSA) is 53.6 Å². The first-order chi connectivity index (χ1) is 8.72. The van der Waals surface area contributed by atoms with Crippen molar-refractivity contribution in [3.63, 3.8) is 0 Å². The summed E-state index contributed by atoms with van der Waals surface area (Å²) in [4.78, 5) is 13.8. The van der Waals surface area contributed by atoms with Gasteiger partial charge in [-0.15, -0.1) is 0 Å². The van der Waals surface area contributed by atoms with Crippen molar-refractivity contribution in [3.8, 4) is 5.75 Å². The molecule has 18 heavy (non-hydrogen) atoms. The lowest BCUT2D eigenvalue weighted by molar-refractivity contribution is 0.221.